The summed E-state index contributed by atoms with van der Waals surface area (Å²) in [6, 6.07) is 2.66. The predicted molar refractivity (Wildman–Crippen MR) is 70.8 cm³/mol. The topological polar surface area (TPSA) is 78.4 Å². The lowest BCUT2D eigenvalue weighted by molar-refractivity contribution is -0.140. The van der Waals surface area contributed by atoms with Crippen molar-refractivity contribution < 1.29 is 14.7 Å². The van der Waals surface area contributed by atoms with E-state index >= 15 is 0 Å². The molecule has 0 spiro atoms. The molecule has 3 N–H and O–H groups in total. The first kappa shape index (κ1) is 14.5. The van der Waals surface area contributed by atoms with Gasteiger partial charge < -0.3 is 15.7 Å². The molecule has 1 aromatic rings. The molecule has 6 heteroatoms. The van der Waals surface area contributed by atoms with Crippen LogP contribution in [0.5, 0.6) is 0 Å². The van der Waals surface area contributed by atoms with E-state index in [-0.39, 0.29) is 5.92 Å². The van der Waals surface area contributed by atoms with E-state index in [0.29, 0.717) is 6.54 Å². The largest absolute Gasteiger partial charge is 0.480 e. The standard InChI is InChI=1S/C12H18N2O3S/c1-8(2)10(11(15)16)14-12(17)13-6-5-9-4-3-7-18-9/h3-4,7-8,10H,5-6H2,1-2H3,(H,15,16)(H2,13,14,17)/t10-/m0/s1. The van der Waals surface area contributed by atoms with Gasteiger partial charge in [-0.1, -0.05) is 19.9 Å². The number of carboxylic acid groups (broad SMARTS) is 1. The van der Waals surface area contributed by atoms with Crippen molar-refractivity contribution in [1.82, 2.24) is 10.6 Å². The SMILES string of the molecule is CC(C)[C@H](NC(=O)NCCc1cccs1)C(=O)O. The molecule has 0 saturated carbocycles. The average molecular weight is 270 g/mol. The summed E-state index contributed by atoms with van der Waals surface area (Å²) in [7, 11) is 0. The second kappa shape index (κ2) is 7.00. The third-order valence-electron chi connectivity index (χ3n) is 2.46. The Morgan fingerprint density at radius 1 is 1.44 bits per heavy atom. The van der Waals surface area contributed by atoms with Gasteiger partial charge in [-0.15, -0.1) is 11.3 Å². The van der Waals surface area contributed by atoms with Crippen molar-refractivity contribution in [1.29, 1.82) is 0 Å². The van der Waals surface area contributed by atoms with E-state index in [2.05, 4.69) is 10.6 Å². The zero-order chi connectivity index (χ0) is 13.5. The Labute approximate surface area is 110 Å². The van der Waals surface area contributed by atoms with Crippen molar-refractivity contribution in [2.24, 2.45) is 5.92 Å². The van der Waals surface area contributed by atoms with Gasteiger partial charge in [-0.3, -0.25) is 0 Å². The number of rotatable bonds is 6. The van der Waals surface area contributed by atoms with Crippen molar-refractivity contribution in [2.75, 3.05) is 6.54 Å². The molecule has 0 aliphatic carbocycles. The number of thiophene rings is 1. The zero-order valence-electron chi connectivity index (χ0n) is 10.5. The van der Waals surface area contributed by atoms with E-state index in [4.69, 9.17) is 5.11 Å². The minimum Gasteiger partial charge on any atom is -0.480 e. The molecule has 0 saturated heterocycles. The van der Waals surface area contributed by atoms with Crippen LogP contribution in [-0.2, 0) is 11.2 Å². The Morgan fingerprint density at radius 2 is 2.17 bits per heavy atom. The average Bonchev–Trinajstić information content (AvgIpc) is 2.78. The minimum absolute atomic E-state index is 0.148. The summed E-state index contributed by atoms with van der Waals surface area (Å²) in [6.07, 6.45) is 0.754. The second-order valence-electron chi connectivity index (χ2n) is 4.29. The van der Waals surface area contributed by atoms with Gasteiger partial charge in [0.05, 0.1) is 0 Å². The highest BCUT2D eigenvalue weighted by Gasteiger charge is 2.22. The Bertz CT molecular complexity index is 390. The minimum atomic E-state index is -1.02. The van der Waals surface area contributed by atoms with Crippen LogP contribution in [0.1, 0.15) is 18.7 Å². The van der Waals surface area contributed by atoms with Crippen molar-refractivity contribution in [3.8, 4) is 0 Å². The Kier molecular flexibility index (Phi) is 5.64. The quantitative estimate of drug-likeness (QED) is 0.736. The maximum absolute atomic E-state index is 11.5. The van der Waals surface area contributed by atoms with E-state index in [1.807, 2.05) is 17.5 Å². The number of amides is 2. The van der Waals surface area contributed by atoms with Gasteiger partial charge in [-0.25, -0.2) is 9.59 Å². The highest BCUT2D eigenvalue weighted by Crippen LogP contribution is 2.08. The molecule has 1 atom stereocenters. The number of aliphatic carboxylic acids is 1. The van der Waals surface area contributed by atoms with Gasteiger partial charge in [0.25, 0.3) is 0 Å². The number of carbonyl (C=O) groups is 2. The van der Waals surface area contributed by atoms with Gasteiger partial charge in [0.15, 0.2) is 0 Å². The Balaban J connectivity index is 2.30. The molecule has 0 bridgehead atoms. The molecular formula is C12H18N2O3S. The molecule has 0 aromatic carbocycles. The Hall–Kier alpha value is -1.56. The van der Waals surface area contributed by atoms with Crippen molar-refractivity contribution in [3.05, 3.63) is 22.4 Å². The van der Waals surface area contributed by atoms with E-state index in [0.717, 1.165) is 6.42 Å². The number of carbonyl (C=O) groups excluding carboxylic acids is 1. The highest BCUT2D eigenvalue weighted by atomic mass is 32.1. The van der Waals surface area contributed by atoms with Crippen LogP contribution in [0.25, 0.3) is 0 Å². The number of urea groups is 1. The number of hydrogen-bond donors (Lipinski definition) is 3. The van der Waals surface area contributed by atoms with Crippen molar-refractivity contribution in [2.45, 2.75) is 26.3 Å². The van der Waals surface area contributed by atoms with Gasteiger partial charge in [-0.2, -0.15) is 0 Å². The monoisotopic (exact) mass is 270 g/mol. The van der Waals surface area contributed by atoms with Crippen LogP contribution in [0, 0.1) is 5.92 Å². The summed E-state index contributed by atoms with van der Waals surface area (Å²) in [5, 5.41) is 16.0. The molecule has 1 aromatic heterocycles. The van der Waals surface area contributed by atoms with Gasteiger partial charge in [0, 0.05) is 11.4 Å². The van der Waals surface area contributed by atoms with Crippen molar-refractivity contribution >= 4 is 23.3 Å². The molecule has 0 aliphatic heterocycles. The third-order valence-corrected chi connectivity index (χ3v) is 3.39. The van der Waals surface area contributed by atoms with Crippen LogP contribution in [0.4, 0.5) is 4.79 Å². The lowest BCUT2D eigenvalue weighted by Crippen LogP contribution is -2.48. The summed E-state index contributed by atoms with van der Waals surface area (Å²) >= 11 is 1.63. The van der Waals surface area contributed by atoms with Gasteiger partial charge in [0.2, 0.25) is 0 Å². The number of carboxylic acids is 1. The van der Waals surface area contributed by atoms with E-state index in [1.54, 1.807) is 25.2 Å². The second-order valence-corrected chi connectivity index (χ2v) is 5.32. The predicted octanol–water partition coefficient (Wildman–Crippen LogP) is 1.70. The molecule has 1 heterocycles. The van der Waals surface area contributed by atoms with E-state index in [1.165, 1.54) is 4.88 Å². The first-order valence-corrected chi connectivity index (χ1v) is 6.68. The summed E-state index contributed by atoms with van der Waals surface area (Å²) in [6.45, 7) is 4.01. The van der Waals surface area contributed by atoms with Crippen LogP contribution in [0.2, 0.25) is 0 Å². The molecule has 100 valence electrons. The lowest BCUT2D eigenvalue weighted by Gasteiger charge is -2.18. The molecule has 5 nitrogen and oxygen atoms in total. The fourth-order valence-electron chi connectivity index (χ4n) is 1.46. The number of hydrogen-bond acceptors (Lipinski definition) is 3. The van der Waals surface area contributed by atoms with Crippen LogP contribution in [0.15, 0.2) is 17.5 Å². The molecule has 0 radical (unpaired) electrons. The summed E-state index contributed by atoms with van der Waals surface area (Å²) in [5.41, 5.74) is 0. The van der Waals surface area contributed by atoms with Crippen LogP contribution < -0.4 is 10.6 Å². The Morgan fingerprint density at radius 3 is 2.67 bits per heavy atom. The smallest absolute Gasteiger partial charge is 0.326 e. The lowest BCUT2D eigenvalue weighted by atomic mass is 10.1. The maximum Gasteiger partial charge on any atom is 0.326 e. The normalized spacial score (nSPS) is 12.2. The fraction of sp³-hybridized carbons (Fsp3) is 0.500. The first-order valence-electron chi connectivity index (χ1n) is 5.80. The van der Waals surface area contributed by atoms with Gasteiger partial charge in [0.1, 0.15) is 6.04 Å². The van der Waals surface area contributed by atoms with Crippen molar-refractivity contribution in [3.63, 3.8) is 0 Å². The summed E-state index contributed by atoms with van der Waals surface area (Å²) in [5.74, 6) is -1.16. The molecule has 0 aliphatic rings. The highest BCUT2D eigenvalue weighted by molar-refractivity contribution is 7.09. The first-order chi connectivity index (χ1) is 8.50. The van der Waals surface area contributed by atoms with E-state index < -0.39 is 18.0 Å². The van der Waals surface area contributed by atoms with Crippen LogP contribution >= 0.6 is 11.3 Å². The molecule has 18 heavy (non-hydrogen) atoms. The van der Waals surface area contributed by atoms with Crippen LogP contribution in [0.3, 0.4) is 0 Å². The third kappa shape index (κ3) is 4.75. The molecule has 2 amide bonds. The van der Waals surface area contributed by atoms with Gasteiger partial charge in [-0.05, 0) is 23.8 Å². The maximum atomic E-state index is 11.5. The zero-order valence-corrected chi connectivity index (χ0v) is 11.3. The van der Waals surface area contributed by atoms with E-state index in [9.17, 15) is 9.59 Å². The summed E-state index contributed by atoms with van der Waals surface area (Å²) in [4.78, 5) is 23.6. The fourth-order valence-corrected chi connectivity index (χ4v) is 2.17. The van der Waals surface area contributed by atoms with Crippen LogP contribution in [-0.4, -0.2) is 29.7 Å². The molecule has 1 rings (SSSR count). The molecule has 0 unspecified atom stereocenters. The summed E-state index contributed by atoms with van der Waals surface area (Å²) < 4.78 is 0. The van der Waals surface area contributed by atoms with Gasteiger partial charge >= 0.3 is 12.0 Å². The number of nitrogens with one attached hydrogen (secondary N) is 2. The molecular weight excluding hydrogens is 252 g/mol. The molecule has 0 fully saturated rings.